The number of nitriles is 1. The Balaban J connectivity index is 2.54. The number of nitrogens with zero attached hydrogens (tertiary/aromatic N) is 1. The molecule has 0 bridgehead atoms. The molecule has 0 spiro atoms. The Morgan fingerprint density at radius 1 is 0.906 bits per heavy atom. The molecule has 2 N–H and O–H groups in total. The van der Waals surface area contributed by atoms with Gasteiger partial charge in [-0.1, -0.05) is 0 Å². The third-order valence-electron chi connectivity index (χ3n) is 4.24. The molecule has 0 aromatic carbocycles. The highest BCUT2D eigenvalue weighted by molar-refractivity contribution is 7.80. The molecule has 32 heavy (non-hydrogen) atoms. The molecule has 0 unspecified atom stereocenters. The van der Waals surface area contributed by atoms with Crippen LogP contribution in [0, 0.1) is 11.3 Å². The number of anilines is 1. The Morgan fingerprint density at radius 3 is 1.91 bits per heavy atom. The van der Waals surface area contributed by atoms with Crippen molar-refractivity contribution in [1.82, 2.24) is 5.32 Å². The second-order valence-electron chi connectivity index (χ2n) is 6.42. The van der Waals surface area contributed by atoms with Gasteiger partial charge in [0.25, 0.3) is 0 Å². The summed E-state index contributed by atoms with van der Waals surface area (Å²) >= 11 is 5.27. The molecule has 0 radical (unpaired) electrons. The van der Waals surface area contributed by atoms with E-state index < -0.39 is 40.8 Å². The van der Waals surface area contributed by atoms with Crippen LogP contribution in [0.2, 0.25) is 0 Å². The smallest absolute Gasteiger partial charge is 0.330 e. The number of hydrogen-bond donors (Lipinski definition) is 2. The molecule has 0 fully saturated rings. The van der Waals surface area contributed by atoms with Crippen molar-refractivity contribution < 1.29 is 48.3 Å². The molecular weight excluding hydrogens is 507 g/mol. The van der Waals surface area contributed by atoms with E-state index in [1.54, 1.807) is 6.07 Å². The standard InChI is InChI=1S/C16H10F11N3S2/c17-13(18,16(25,26)27)10(9(14(19,20)21)15(22,23)24)29-12(31)30-11-7(5-28)6-3-1-2-4-8(6)32-11/h1-4H2,(H2,29,30,31). The molecule has 1 aliphatic carbocycles. The van der Waals surface area contributed by atoms with Crippen LogP contribution in [0.4, 0.5) is 53.3 Å². The van der Waals surface area contributed by atoms with Crippen LogP contribution in [0.1, 0.15) is 28.8 Å². The number of thiophene rings is 1. The lowest BCUT2D eigenvalue weighted by Gasteiger charge is -2.28. The molecule has 1 aromatic rings. The van der Waals surface area contributed by atoms with Crippen LogP contribution in [0.3, 0.4) is 0 Å². The summed E-state index contributed by atoms with van der Waals surface area (Å²) in [5.74, 6) is -6.59. The van der Waals surface area contributed by atoms with Gasteiger partial charge >= 0.3 is 24.5 Å². The van der Waals surface area contributed by atoms with E-state index in [2.05, 4.69) is 12.2 Å². The zero-order valence-electron chi connectivity index (χ0n) is 15.2. The zero-order valence-corrected chi connectivity index (χ0v) is 16.9. The minimum atomic E-state index is -6.81. The number of allylic oxidation sites excluding steroid dienone is 2. The first-order valence-electron chi connectivity index (χ1n) is 8.37. The maximum absolute atomic E-state index is 13.8. The van der Waals surface area contributed by atoms with Crippen molar-refractivity contribution in [1.29, 1.82) is 5.26 Å². The molecule has 178 valence electrons. The van der Waals surface area contributed by atoms with Gasteiger partial charge < -0.3 is 10.6 Å². The van der Waals surface area contributed by atoms with E-state index in [9.17, 15) is 53.6 Å². The molecule has 16 heteroatoms. The second kappa shape index (κ2) is 8.65. The number of hydrogen-bond acceptors (Lipinski definition) is 3. The van der Waals surface area contributed by atoms with Gasteiger partial charge in [-0.25, -0.2) is 0 Å². The summed E-state index contributed by atoms with van der Waals surface area (Å²) in [7, 11) is 0. The van der Waals surface area contributed by atoms with Gasteiger partial charge in [-0.05, 0) is 43.5 Å². The van der Waals surface area contributed by atoms with Crippen LogP contribution in [-0.2, 0) is 12.8 Å². The van der Waals surface area contributed by atoms with Crippen molar-refractivity contribution in [2.45, 2.75) is 50.1 Å². The summed E-state index contributed by atoms with van der Waals surface area (Å²) in [5, 5.41) is 10.4. The van der Waals surface area contributed by atoms with E-state index in [1.807, 2.05) is 5.32 Å². The van der Waals surface area contributed by atoms with Crippen LogP contribution in [0.15, 0.2) is 11.3 Å². The fourth-order valence-electron chi connectivity index (χ4n) is 2.90. The van der Waals surface area contributed by atoms with Crippen LogP contribution in [0.5, 0.6) is 0 Å². The molecule has 2 rings (SSSR count). The Morgan fingerprint density at radius 2 is 1.44 bits per heavy atom. The average molecular weight is 517 g/mol. The topological polar surface area (TPSA) is 47.9 Å². The minimum Gasteiger partial charge on any atom is -0.330 e. The number of nitrogens with one attached hydrogen (secondary N) is 2. The quantitative estimate of drug-likeness (QED) is 0.362. The van der Waals surface area contributed by atoms with Crippen molar-refractivity contribution in [2.24, 2.45) is 0 Å². The third kappa shape index (κ3) is 5.25. The number of rotatable bonds is 3. The lowest BCUT2D eigenvalue weighted by Crippen LogP contribution is -2.49. The lowest BCUT2D eigenvalue weighted by molar-refractivity contribution is -0.269. The lowest BCUT2D eigenvalue weighted by atomic mass is 9.96. The molecule has 0 atom stereocenters. The molecule has 0 amide bonds. The monoisotopic (exact) mass is 517 g/mol. The third-order valence-corrected chi connectivity index (χ3v) is 5.65. The van der Waals surface area contributed by atoms with Crippen molar-refractivity contribution in [3.8, 4) is 6.07 Å². The molecule has 0 saturated carbocycles. The zero-order chi connectivity index (χ0) is 24.7. The fraction of sp³-hybridized carbons (Fsp3) is 0.500. The highest BCUT2D eigenvalue weighted by Gasteiger charge is 2.66. The Labute approximate surface area is 181 Å². The number of alkyl halides is 11. The highest BCUT2D eigenvalue weighted by Crippen LogP contribution is 2.48. The van der Waals surface area contributed by atoms with Crippen LogP contribution >= 0.6 is 23.6 Å². The van der Waals surface area contributed by atoms with Gasteiger partial charge in [-0.2, -0.15) is 53.6 Å². The summed E-state index contributed by atoms with van der Waals surface area (Å²) in [6.45, 7) is 0. The van der Waals surface area contributed by atoms with E-state index in [0.717, 1.165) is 23.1 Å². The van der Waals surface area contributed by atoms with Gasteiger partial charge in [0.1, 0.15) is 16.8 Å². The maximum atomic E-state index is 13.8. The highest BCUT2D eigenvalue weighted by atomic mass is 32.1. The summed E-state index contributed by atoms with van der Waals surface area (Å²) < 4.78 is 143. The number of halogens is 11. The maximum Gasteiger partial charge on any atom is 0.459 e. The molecule has 0 aliphatic heterocycles. The van der Waals surface area contributed by atoms with Crippen molar-refractivity contribution in [2.75, 3.05) is 5.32 Å². The summed E-state index contributed by atoms with van der Waals surface area (Å²) in [4.78, 5) is 0.653. The average Bonchev–Trinajstić information content (AvgIpc) is 2.94. The summed E-state index contributed by atoms with van der Waals surface area (Å²) in [5.41, 5.74) is -7.16. The molecule has 0 saturated heterocycles. The Bertz CT molecular complexity index is 946. The first kappa shape index (κ1) is 26.1. The van der Waals surface area contributed by atoms with Gasteiger partial charge in [-0.3, -0.25) is 0 Å². The Kier molecular flexibility index (Phi) is 7.06. The van der Waals surface area contributed by atoms with Crippen LogP contribution < -0.4 is 10.6 Å². The Hall–Kier alpha value is -2.15. The molecule has 1 aromatic heterocycles. The number of thiocarbonyl (C=S) groups is 1. The van der Waals surface area contributed by atoms with Crippen molar-refractivity contribution in [3.63, 3.8) is 0 Å². The van der Waals surface area contributed by atoms with Gasteiger partial charge in [0.05, 0.1) is 5.56 Å². The first-order valence-corrected chi connectivity index (χ1v) is 9.60. The van der Waals surface area contributed by atoms with E-state index in [-0.39, 0.29) is 10.6 Å². The van der Waals surface area contributed by atoms with Gasteiger partial charge in [0.15, 0.2) is 10.7 Å². The van der Waals surface area contributed by atoms with Gasteiger partial charge in [-0.15, -0.1) is 11.3 Å². The molecular formula is C16H10F11N3S2. The SMILES string of the molecule is N#Cc1c(NC(=S)NC(=C(C(F)(F)F)C(F)(F)F)C(F)(F)C(F)(F)F)sc2c1CCCC2. The number of fused-ring (bicyclic) bond motifs is 1. The van der Waals surface area contributed by atoms with E-state index >= 15 is 0 Å². The molecule has 1 aliphatic rings. The molecule has 3 nitrogen and oxygen atoms in total. The van der Waals surface area contributed by atoms with Crippen molar-refractivity contribution >= 4 is 33.7 Å². The fourth-order valence-corrected chi connectivity index (χ4v) is 4.42. The normalized spacial score (nSPS) is 14.9. The van der Waals surface area contributed by atoms with Gasteiger partial charge in [0, 0.05) is 4.88 Å². The van der Waals surface area contributed by atoms with Gasteiger partial charge in [0.2, 0.25) is 0 Å². The molecule has 1 heterocycles. The second-order valence-corrected chi connectivity index (χ2v) is 7.94. The summed E-state index contributed by atoms with van der Waals surface area (Å²) in [6, 6.07) is 1.75. The van der Waals surface area contributed by atoms with Crippen LogP contribution in [-0.4, -0.2) is 29.6 Å². The van der Waals surface area contributed by atoms with E-state index in [0.29, 0.717) is 29.7 Å². The predicted molar refractivity (Wildman–Crippen MR) is 95.2 cm³/mol. The van der Waals surface area contributed by atoms with E-state index in [1.165, 1.54) is 0 Å². The largest absolute Gasteiger partial charge is 0.459 e. The number of aryl methyl sites for hydroxylation is 1. The predicted octanol–water partition coefficient (Wildman–Crippen LogP) is 6.36. The minimum absolute atomic E-state index is 0.0752. The van der Waals surface area contributed by atoms with E-state index in [4.69, 9.17) is 0 Å². The summed E-state index contributed by atoms with van der Waals surface area (Å²) in [6.07, 6.45) is -17.7. The first-order chi connectivity index (χ1) is 14.4. The van der Waals surface area contributed by atoms with Crippen molar-refractivity contribution in [3.05, 3.63) is 27.3 Å². The van der Waals surface area contributed by atoms with Crippen LogP contribution in [0.25, 0.3) is 0 Å².